The first-order valence-electron chi connectivity index (χ1n) is 6.86. The smallest absolute Gasteiger partial charge is 0.273 e. The molecule has 1 unspecified atom stereocenters. The zero-order valence-corrected chi connectivity index (χ0v) is 11.4. The van der Waals surface area contributed by atoms with E-state index in [1.54, 1.807) is 24.4 Å². The Morgan fingerprint density at radius 1 is 1.65 bits per heavy atom. The first-order valence-corrected chi connectivity index (χ1v) is 6.86. The van der Waals surface area contributed by atoms with Gasteiger partial charge in [-0.25, -0.2) is 4.98 Å². The molecule has 0 spiro atoms. The Hall–Kier alpha value is -1.88. The van der Waals surface area contributed by atoms with Crippen LogP contribution in [0.2, 0.25) is 0 Å². The van der Waals surface area contributed by atoms with Gasteiger partial charge in [0.15, 0.2) is 11.4 Å². The van der Waals surface area contributed by atoms with Gasteiger partial charge in [0.1, 0.15) is 6.61 Å². The first kappa shape index (κ1) is 14.5. The van der Waals surface area contributed by atoms with Crippen LogP contribution in [0.4, 0.5) is 0 Å². The number of carbonyl (C=O) groups is 1. The Kier molecular flexibility index (Phi) is 5.12. The van der Waals surface area contributed by atoms with Crippen molar-refractivity contribution in [3.8, 4) is 5.75 Å². The molecule has 1 aliphatic carbocycles. The van der Waals surface area contributed by atoms with Crippen LogP contribution in [-0.2, 0) is 0 Å². The summed E-state index contributed by atoms with van der Waals surface area (Å²) in [6.07, 6.45) is 5.97. The van der Waals surface area contributed by atoms with E-state index in [1.165, 1.54) is 0 Å². The molecule has 20 heavy (non-hydrogen) atoms. The number of nitrogens with zero attached hydrogens (tertiary/aromatic N) is 1. The minimum absolute atomic E-state index is 0.0155. The first-order chi connectivity index (χ1) is 9.76. The van der Waals surface area contributed by atoms with Gasteiger partial charge in [-0.05, 0) is 37.3 Å². The minimum atomic E-state index is -0.255. The van der Waals surface area contributed by atoms with E-state index < -0.39 is 0 Å². The molecule has 0 saturated heterocycles. The Balaban J connectivity index is 2.05. The van der Waals surface area contributed by atoms with Crippen molar-refractivity contribution in [2.45, 2.75) is 25.3 Å². The van der Waals surface area contributed by atoms with Crippen LogP contribution in [0.3, 0.4) is 0 Å². The molecular weight excluding hydrogens is 256 g/mol. The highest BCUT2D eigenvalue weighted by molar-refractivity contribution is 5.95. The van der Waals surface area contributed by atoms with Gasteiger partial charge in [-0.15, -0.1) is 0 Å². The van der Waals surface area contributed by atoms with E-state index in [0.717, 1.165) is 12.8 Å². The molecule has 1 aliphatic rings. The highest BCUT2D eigenvalue weighted by Crippen LogP contribution is 2.34. The summed E-state index contributed by atoms with van der Waals surface area (Å²) in [6, 6.07) is 3.45. The monoisotopic (exact) mass is 276 g/mol. The summed E-state index contributed by atoms with van der Waals surface area (Å²) in [5, 5.41) is 12.0. The molecule has 1 atom stereocenters. The van der Waals surface area contributed by atoms with Gasteiger partial charge < -0.3 is 15.2 Å². The molecule has 1 fully saturated rings. The van der Waals surface area contributed by atoms with E-state index in [2.05, 4.69) is 16.9 Å². The molecule has 108 valence electrons. The SMILES string of the molecule is C=CCOc1cccnc1C(=O)NC(CCO)C1CC1. The molecule has 2 N–H and O–H groups in total. The van der Waals surface area contributed by atoms with Crippen molar-refractivity contribution in [2.24, 2.45) is 5.92 Å². The largest absolute Gasteiger partial charge is 0.487 e. The number of pyridine rings is 1. The number of aliphatic hydroxyl groups excluding tert-OH is 1. The van der Waals surface area contributed by atoms with Crippen molar-refractivity contribution in [1.82, 2.24) is 10.3 Å². The summed E-state index contributed by atoms with van der Waals surface area (Å²) in [4.78, 5) is 16.4. The number of aliphatic hydroxyl groups is 1. The van der Waals surface area contributed by atoms with Crippen LogP contribution in [0.25, 0.3) is 0 Å². The topological polar surface area (TPSA) is 71.5 Å². The fraction of sp³-hybridized carbons (Fsp3) is 0.467. The van der Waals surface area contributed by atoms with Crippen molar-refractivity contribution >= 4 is 5.91 Å². The summed E-state index contributed by atoms with van der Waals surface area (Å²) in [7, 11) is 0. The minimum Gasteiger partial charge on any atom is -0.487 e. The summed E-state index contributed by atoms with van der Waals surface area (Å²) in [5.41, 5.74) is 0.276. The van der Waals surface area contributed by atoms with Crippen LogP contribution in [0.15, 0.2) is 31.0 Å². The highest BCUT2D eigenvalue weighted by atomic mass is 16.5. The van der Waals surface area contributed by atoms with Crippen LogP contribution in [0.5, 0.6) is 5.75 Å². The van der Waals surface area contributed by atoms with E-state index in [-0.39, 0.29) is 24.2 Å². The van der Waals surface area contributed by atoms with Gasteiger partial charge in [-0.3, -0.25) is 4.79 Å². The zero-order chi connectivity index (χ0) is 14.4. The quantitative estimate of drug-likeness (QED) is 0.706. The molecule has 2 rings (SSSR count). The second kappa shape index (κ2) is 7.05. The van der Waals surface area contributed by atoms with Gasteiger partial charge >= 0.3 is 0 Å². The fourth-order valence-electron chi connectivity index (χ4n) is 2.13. The molecule has 5 heteroatoms. The molecule has 0 aliphatic heterocycles. The summed E-state index contributed by atoms with van der Waals surface area (Å²) in [5.74, 6) is 0.672. The van der Waals surface area contributed by atoms with Gasteiger partial charge in [0.2, 0.25) is 0 Å². The second-order valence-electron chi connectivity index (χ2n) is 4.88. The molecule has 0 bridgehead atoms. The van der Waals surface area contributed by atoms with Crippen molar-refractivity contribution < 1.29 is 14.6 Å². The van der Waals surface area contributed by atoms with E-state index in [9.17, 15) is 4.79 Å². The number of nitrogens with one attached hydrogen (secondary N) is 1. The number of hydrogen-bond acceptors (Lipinski definition) is 4. The van der Waals surface area contributed by atoms with Gasteiger partial charge in [0.05, 0.1) is 0 Å². The van der Waals surface area contributed by atoms with Gasteiger partial charge in [0.25, 0.3) is 5.91 Å². The highest BCUT2D eigenvalue weighted by Gasteiger charge is 2.32. The maximum atomic E-state index is 12.3. The van der Waals surface area contributed by atoms with E-state index in [1.807, 2.05) is 0 Å². The zero-order valence-electron chi connectivity index (χ0n) is 11.4. The standard InChI is InChI=1S/C15H20N2O3/c1-2-10-20-13-4-3-8-16-14(13)15(19)17-12(7-9-18)11-5-6-11/h2-4,8,11-12,18H,1,5-7,9-10H2,(H,17,19). The van der Waals surface area contributed by atoms with Gasteiger partial charge in [0, 0.05) is 18.8 Å². The lowest BCUT2D eigenvalue weighted by Gasteiger charge is -2.17. The number of aromatic nitrogens is 1. The summed E-state index contributed by atoms with van der Waals surface area (Å²) < 4.78 is 5.43. The maximum absolute atomic E-state index is 12.3. The lowest BCUT2D eigenvalue weighted by atomic mass is 10.1. The molecule has 0 aromatic carbocycles. The lowest BCUT2D eigenvalue weighted by Crippen LogP contribution is -2.37. The third kappa shape index (κ3) is 3.81. The van der Waals surface area contributed by atoms with Crippen molar-refractivity contribution in [3.05, 3.63) is 36.7 Å². The Morgan fingerprint density at radius 2 is 2.45 bits per heavy atom. The maximum Gasteiger partial charge on any atom is 0.273 e. The number of rotatable bonds is 8. The van der Waals surface area contributed by atoms with E-state index in [0.29, 0.717) is 24.7 Å². The molecule has 1 saturated carbocycles. The fourth-order valence-corrected chi connectivity index (χ4v) is 2.13. The molecular formula is C15H20N2O3. The average Bonchev–Trinajstić information content (AvgIpc) is 3.29. The van der Waals surface area contributed by atoms with Gasteiger partial charge in [-0.2, -0.15) is 0 Å². The number of ether oxygens (including phenoxy) is 1. The number of carbonyl (C=O) groups excluding carboxylic acids is 1. The average molecular weight is 276 g/mol. The molecule has 1 aromatic rings. The number of amides is 1. The van der Waals surface area contributed by atoms with Crippen molar-refractivity contribution in [2.75, 3.05) is 13.2 Å². The van der Waals surface area contributed by atoms with Crippen LogP contribution < -0.4 is 10.1 Å². The predicted octanol–water partition coefficient (Wildman–Crippen LogP) is 1.54. The third-order valence-corrected chi connectivity index (χ3v) is 3.29. The molecule has 0 radical (unpaired) electrons. The Labute approximate surface area is 118 Å². The predicted molar refractivity (Wildman–Crippen MR) is 75.6 cm³/mol. The Bertz CT molecular complexity index is 472. The number of hydrogen-bond donors (Lipinski definition) is 2. The van der Waals surface area contributed by atoms with Crippen molar-refractivity contribution in [3.63, 3.8) is 0 Å². The second-order valence-corrected chi connectivity index (χ2v) is 4.88. The normalized spacial score (nSPS) is 15.4. The van der Waals surface area contributed by atoms with Crippen LogP contribution in [-0.4, -0.2) is 35.3 Å². The van der Waals surface area contributed by atoms with Gasteiger partial charge in [-0.1, -0.05) is 12.7 Å². The molecule has 1 heterocycles. The Morgan fingerprint density at radius 3 is 3.10 bits per heavy atom. The van der Waals surface area contributed by atoms with Crippen molar-refractivity contribution in [1.29, 1.82) is 0 Å². The molecule has 1 amide bonds. The van der Waals surface area contributed by atoms with E-state index in [4.69, 9.17) is 9.84 Å². The van der Waals surface area contributed by atoms with E-state index >= 15 is 0 Å². The molecule has 5 nitrogen and oxygen atoms in total. The third-order valence-electron chi connectivity index (χ3n) is 3.29. The molecule has 1 aromatic heterocycles. The summed E-state index contributed by atoms with van der Waals surface area (Å²) in [6.45, 7) is 3.98. The van der Waals surface area contributed by atoms with Crippen LogP contribution in [0, 0.1) is 5.92 Å². The summed E-state index contributed by atoms with van der Waals surface area (Å²) >= 11 is 0. The lowest BCUT2D eigenvalue weighted by molar-refractivity contribution is 0.0915. The van der Waals surface area contributed by atoms with Crippen LogP contribution >= 0.6 is 0 Å². The van der Waals surface area contributed by atoms with Crippen LogP contribution in [0.1, 0.15) is 29.8 Å².